The summed E-state index contributed by atoms with van der Waals surface area (Å²) in [7, 11) is 0. The average molecular weight is 351 g/mol. The van der Waals surface area contributed by atoms with E-state index in [9.17, 15) is 9.90 Å². The molecule has 6 heteroatoms. The maximum Gasteiger partial charge on any atom is 0.282 e. The minimum atomic E-state index is -0.505. The maximum atomic E-state index is 12.6. The third-order valence-corrected chi connectivity index (χ3v) is 6.40. The van der Waals surface area contributed by atoms with Crippen molar-refractivity contribution in [3.63, 3.8) is 0 Å². The van der Waals surface area contributed by atoms with Crippen molar-refractivity contribution in [2.75, 3.05) is 13.1 Å². The molecule has 1 N–H and O–H groups in total. The molecule has 0 saturated carbocycles. The fraction of sp³-hybridized carbons (Fsp3) is 0.529. The van der Waals surface area contributed by atoms with Gasteiger partial charge in [0.25, 0.3) is 5.91 Å². The Hall–Kier alpha value is -1.24. The smallest absolute Gasteiger partial charge is 0.282 e. The second-order valence-corrected chi connectivity index (χ2v) is 8.22. The molecule has 0 spiro atoms. The Morgan fingerprint density at radius 2 is 2.22 bits per heavy atom. The molecule has 0 bridgehead atoms. The number of amides is 1. The third kappa shape index (κ3) is 3.34. The number of rotatable bonds is 3. The Bertz CT molecular complexity index is 692. The van der Waals surface area contributed by atoms with Crippen LogP contribution >= 0.6 is 22.7 Å². The first-order valence-electron chi connectivity index (χ1n) is 7.94. The molecule has 4 nitrogen and oxygen atoms in total. The molecule has 0 aliphatic carbocycles. The number of piperidine rings is 1. The van der Waals surface area contributed by atoms with E-state index in [2.05, 4.69) is 37.2 Å². The van der Waals surface area contributed by atoms with Gasteiger partial charge in [-0.2, -0.15) is 0 Å². The van der Waals surface area contributed by atoms with E-state index in [4.69, 9.17) is 0 Å². The van der Waals surface area contributed by atoms with Gasteiger partial charge in [-0.25, -0.2) is 4.98 Å². The first-order chi connectivity index (χ1) is 11.0. The van der Waals surface area contributed by atoms with Crippen LogP contribution < -0.4 is 0 Å². The summed E-state index contributed by atoms with van der Waals surface area (Å²) in [6.45, 7) is 7.29. The van der Waals surface area contributed by atoms with Gasteiger partial charge in [0.05, 0.1) is 11.8 Å². The van der Waals surface area contributed by atoms with Gasteiger partial charge in [-0.15, -0.1) is 22.7 Å². The predicted octanol–water partition coefficient (Wildman–Crippen LogP) is 3.63. The van der Waals surface area contributed by atoms with Crippen LogP contribution in [0, 0.1) is 6.92 Å². The van der Waals surface area contributed by atoms with Crippen LogP contribution in [0.3, 0.4) is 0 Å². The molecule has 1 amide bonds. The second-order valence-electron chi connectivity index (χ2n) is 6.41. The molecule has 1 saturated heterocycles. The van der Waals surface area contributed by atoms with E-state index >= 15 is 0 Å². The van der Waals surface area contributed by atoms with E-state index in [0.29, 0.717) is 24.0 Å². The SMILES string of the molecule is Cc1ccsc1[C@@H]1CCN(C(=O)c2nc(C(C)C)cs2)C[C@H]1O. The van der Waals surface area contributed by atoms with Gasteiger partial charge < -0.3 is 10.0 Å². The average Bonchev–Trinajstić information content (AvgIpc) is 3.15. The summed E-state index contributed by atoms with van der Waals surface area (Å²) in [6, 6.07) is 2.09. The van der Waals surface area contributed by atoms with Gasteiger partial charge in [0, 0.05) is 29.3 Å². The van der Waals surface area contributed by atoms with Crippen molar-refractivity contribution in [3.8, 4) is 0 Å². The number of likely N-dealkylation sites (tertiary alicyclic amines) is 1. The maximum absolute atomic E-state index is 12.6. The fourth-order valence-corrected chi connectivity index (χ4v) is 5.04. The molecule has 1 aliphatic heterocycles. The first kappa shape index (κ1) is 16.6. The first-order valence-corrected chi connectivity index (χ1v) is 9.70. The minimum absolute atomic E-state index is 0.0534. The summed E-state index contributed by atoms with van der Waals surface area (Å²) < 4.78 is 0. The zero-order valence-electron chi connectivity index (χ0n) is 13.7. The van der Waals surface area contributed by atoms with Gasteiger partial charge in [-0.1, -0.05) is 13.8 Å². The third-order valence-electron chi connectivity index (χ3n) is 4.40. The fourth-order valence-electron chi connectivity index (χ4n) is 2.97. The lowest BCUT2D eigenvalue weighted by Crippen LogP contribution is -2.45. The molecule has 124 valence electrons. The molecular formula is C17H22N2O2S2. The second kappa shape index (κ2) is 6.71. The standard InChI is InChI=1S/C17H22N2O2S2/c1-10(2)13-9-23-16(18-13)17(21)19-6-4-12(14(20)8-19)15-11(3)5-7-22-15/h5,7,9-10,12,14,20H,4,6,8H2,1-3H3/t12-,14-/m1/s1. The van der Waals surface area contributed by atoms with Crippen LogP contribution in [0.2, 0.25) is 0 Å². The lowest BCUT2D eigenvalue weighted by molar-refractivity contribution is 0.0386. The molecule has 3 rings (SSSR count). The van der Waals surface area contributed by atoms with Crippen molar-refractivity contribution < 1.29 is 9.90 Å². The van der Waals surface area contributed by atoms with Crippen LogP contribution in [0.25, 0.3) is 0 Å². The van der Waals surface area contributed by atoms with Crippen molar-refractivity contribution in [1.29, 1.82) is 0 Å². The van der Waals surface area contributed by atoms with E-state index in [1.807, 2.05) is 5.38 Å². The number of hydrogen-bond donors (Lipinski definition) is 1. The summed E-state index contributed by atoms with van der Waals surface area (Å²) >= 11 is 3.10. The van der Waals surface area contributed by atoms with Crippen LogP contribution in [-0.2, 0) is 0 Å². The van der Waals surface area contributed by atoms with Crippen molar-refractivity contribution in [1.82, 2.24) is 9.88 Å². The zero-order chi connectivity index (χ0) is 16.6. The van der Waals surface area contributed by atoms with Gasteiger partial charge in [-0.3, -0.25) is 4.79 Å². The molecule has 2 aromatic heterocycles. The van der Waals surface area contributed by atoms with Crippen molar-refractivity contribution in [2.24, 2.45) is 0 Å². The normalized spacial score (nSPS) is 21.9. The van der Waals surface area contributed by atoms with E-state index in [1.165, 1.54) is 21.8 Å². The minimum Gasteiger partial charge on any atom is -0.391 e. The number of aliphatic hydroxyl groups is 1. The Morgan fingerprint density at radius 1 is 1.43 bits per heavy atom. The number of aryl methyl sites for hydroxylation is 1. The monoisotopic (exact) mass is 350 g/mol. The molecular weight excluding hydrogens is 328 g/mol. The summed E-state index contributed by atoms with van der Waals surface area (Å²) in [5, 5.41) is 15.1. The molecule has 23 heavy (non-hydrogen) atoms. The molecule has 0 unspecified atom stereocenters. The van der Waals surface area contributed by atoms with E-state index in [0.717, 1.165) is 12.1 Å². The van der Waals surface area contributed by atoms with Gasteiger partial charge in [0.1, 0.15) is 0 Å². The van der Waals surface area contributed by atoms with Crippen LogP contribution in [0.1, 0.15) is 58.0 Å². The number of thiazole rings is 1. The molecule has 3 heterocycles. The number of carbonyl (C=O) groups is 1. The Labute approximate surface area is 144 Å². The Balaban J connectivity index is 1.69. The largest absolute Gasteiger partial charge is 0.391 e. The number of hydrogen-bond acceptors (Lipinski definition) is 5. The van der Waals surface area contributed by atoms with Crippen molar-refractivity contribution >= 4 is 28.6 Å². The molecule has 2 atom stereocenters. The number of aliphatic hydroxyl groups excluding tert-OH is 1. The molecule has 1 aliphatic rings. The van der Waals surface area contributed by atoms with Crippen LogP contribution in [-0.4, -0.2) is 40.1 Å². The highest BCUT2D eigenvalue weighted by Crippen LogP contribution is 2.34. The molecule has 2 aromatic rings. The number of aromatic nitrogens is 1. The van der Waals surface area contributed by atoms with Crippen LogP contribution in [0.15, 0.2) is 16.8 Å². The molecule has 1 fully saturated rings. The highest BCUT2D eigenvalue weighted by Gasteiger charge is 2.33. The summed E-state index contributed by atoms with van der Waals surface area (Å²) in [5.41, 5.74) is 2.20. The van der Waals surface area contributed by atoms with E-state index < -0.39 is 6.10 Å². The summed E-state index contributed by atoms with van der Waals surface area (Å²) in [5.74, 6) is 0.412. The number of β-amino-alcohol motifs (C(OH)–C–C–N with tert-alkyl or cyclic N) is 1. The Morgan fingerprint density at radius 3 is 2.78 bits per heavy atom. The van der Waals surface area contributed by atoms with Gasteiger partial charge >= 0.3 is 0 Å². The zero-order valence-corrected chi connectivity index (χ0v) is 15.3. The van der Waals surface area contributed by atoms with E-state index in [1.54, 1.807) is 16.2 Å². The summed E-state index contributed by atoms with van der Waals surface area (Å²) in [4.78, 5) is 20.0. The van der Waals surface area contributed by atoms with Gasteiger partial charge in [-0.05, 0) is 36.3 Å². The Kier molecular flexibility index (Phi) is 4.85. The quantitative estimate of drug-likeness (QED) is 0.920. The van der Waals surface area contributed by atoms with Crippen LogP contribution in [0.5, 0.6) is 0 Å². The topological polar surface area (TPSA) is 53.4 Å². The van der Waals surface area contributed by atoms with Crippen LogP contribution in [0.4, 0.5) is 0 Å². The van der Waals surface area contributed by atoms with Crippen molar-refractivity contribution in [3.05, 3.63) is 38.0 Å². The highest BCUT2D eigenvalue weighted by molar-refractivity contribution is 7.11. The highest BCUT2D eigenvalue weighted by atomic mass is 32.1. The van der Waals surface area contributed by atoms with Crippen molar-refractivity contribution in [2.45, 2.75) is 45.1 Å². The van der Waals surface area contributed by atoms with Gasteiger partial charge in [0.2, 0.25) is 0 Å². The molecule has 0 aromatic carbocycles. The number of thiophene rings is 1. The predicted molar refractivity (Wildman–Crippen MR) is 94.5 cm³/mol. The summed E-state index contributed by atoms with van der Waals surface area (Å²) in [6.07, 6.45) is 0.297. The lowest BCUT2D eigenvalue weighted by atomic mass is 9.90. The number of nitrogens with zero attached hydrogens (tertiary/aromatic N) is 2. The molecule has 0 radical (unpaired) electrons. The lowest BCUT2D eigenvalue weighted by Gasteiger charge is -2.35. The number of carbonyl (C=O) groups excluding carboxylic acids is 1. The van der Waals surface area contributed by atoms with E-state index in [-0.39, 0.29) is 11.8 Å². The van der Waals surface area contributed by atoms with Gasteiger partial charge in [0.15, 0.2) is 5.01 Å².